The van der Waals surface area contributed by atoms with Crippen molar-refractivity contribution >= 4 is 11.9 Å². The number of carboxylic acid groups (broad SMARTS) is 1. The third-order valence-electron chi connectivity index (χ3n) is 4.81. The highest BCUT2D eigenvalue weighted by Crippen LogP contribution is 2.34. The van der Waals surface area contributed by atoms with E-state index in [1.54, 1.807) is 42.3 Å². The van der Waals surface area contributed by atoms with Gasteiger partial charge in [0.2, 0.25) is 0 Å². The molecule has 0 saturated heterocycles. The number of likely N-dealkylation sites (N-methyl/N-ethyl adjacent to an activating group) is 1. The van der Waals surface area contributed by atoms with Crippen molar-refractivity contribution in [2.45, 2.75) is 37.6 Å². The zero-order valence-electron chi connectivity index (χ0n) is 13.6. The van der Waals surface area contributed by atoms with Gasteiger partial charge in [-0.15, -0.1) is 5.10 Å². The number of amides is 1. The zero-order chi connectivity index (χ0) is 17.2. The number of carbonyl (C=O) groups is 2. The summed E-state index contributed by atoms with van der Waals surface area (Å²) in [5.41, 5.74) is 0.0370. The lowest BCUT2D eigenvalue weighted by Crippen LogP contribution is -2.56. The molecule has 0 radical (unpaired) electrons. The highest BCUT2D eigenvalue weighted by Gasteiger charge is 2.45. The molecule has 1 amide bonds. The largest absolute Gasteiger partial charge is 0.479 e. The summed E-state index contributed by atoms with van der Waals surface area (Å²) in [7, 11) is 1.59. The Morgan fingerprint density at radius 2 is 2.00 bits per heavy atom. The van der Waals surface area contributed by atoms with Crippen molar-refractivity contribution in [3.8, 4) is 5.69 Å². The van der Waals surface area contributed by atoms with Crippen LogP contribution in [0.1, 0.15) is 42.5 Å². The van der Waals surface area contributed by atoms with Crippen molar-refractivity contribution in [3.05, 3.63) is 42.2 Å². The molecule has 1 N–H and O–H groups in total. The Hall–Kier alpha value is -2.70. The summed E-state index contributed by atoms with van der Waals surface area (Å²) in [6, 6.07) is 6.97. The standard InChI is InChI=1S/C17H20N4O3/c1-20(17(16(23)24)8-3-2-4-9-17)15(22)13-6-5-7-14(12-13)21-11-10-18-19-21/h5-7,10-12H,2-4,8-9H2,1H3,(H,23,24). The van der Waals surface area contributed by atoms with Gasteiger partial charge in [-0.2, -0.15) is 0 Å². The summed E-state index contributed by atoms with van der Waals surface area (Å²) in [4.78, 5) is 26.2. The molecule has 1 aromatic heterocycles. The molecule has 1 saturated carbocycles. The van der Waals surface area contributed by atoms with Crippen LogP contribution in [-0.2, 0) is 4.79 Å². The lowest BCUT2D eigenvalue weighted by Gasteiger charge is -2.41. The molecule has 1 aliphatic carbocycles. The van der Waals surface area contributed by atoms with E-state index in [1.807, 2.05) is 6.07 Å². The second-order valence-electron chi connectivity index (χ2n) is 6.16. The molecule has 7 nitrogen and oxygen atoms in total. The normalized spacial score (nSPS) is 16.5. The maximum atomic E-state index is 12.9. The summed E-state index contributed by atoms with van der Waals surface area (Å²) >= 11 is 0. The Morgan fingerprint density at radius 3 is 2.62 bits per heavy atom. The molecule has 1 heterocycles. The number of rotatable bonds is 4. The van der Waals surface area contributed by atoms with Gasteiger partial charge in [0, 0.05) is 12.6 Å². The molecule has 24 heavy (non-hydrogen) atoms. The molecule has 1 fully saturated rings. The van der Waals surface area contributed by atoms with E-state index in [2.05, 4.69) is 10.3 Å². The molecule has 1 aromatic carbocycles. The van der Waals surface area contributed by atoms with Gasteiger partial charge in [-0.3, -0.25) is 4.79 Å². The van der Waals surface area contributed by atoms with Crippen LogP contribution in [-0.4, -0.2) is 49.5 Å². The summed E-state index contributed by atoms with van der Waals surface area (Å²) in [6.45, 7) is 0. The van der Waals surface area contributed by atoms with E-state index in [0.29, 0.717) is 24.1 Å². The van der Waals surface area contributed by atoms with Crippen LogP contribution in [0.15, 0.2) is 36.7 Å². The fraction of sp³-hybridized carbons (Fsp3) is 0.412. The van der Waals surface area contributed by atoms with Crippen molar-refractivity contribution in [3.63, 3.8) is 0 Å². The average molecular weight is 328 g/mol. The number of carboxylic acids is 1. The van der Waals surface area contributed by atoms with Crippen LogP contribution in [0.2, 0.25) is 0 Å². The predicted octanol–water partition coefficient (Wildman–Crippen LogP) is 2.13. The third-order valence-corrected chi connectivity index (χ3v) is 4.81. The van der Waals surface area contributed by atoms with Crippen LogP contribution in [0.3, 0.4) is 0 Å². The Kier molecular flexibility index (Phi) is 4.33. The SMILES string of the molecule is CN(C(=O)c1cccc(-n2ccnn2)c1)C1(C(=O)O)CCCCC1. The monoisotopic (exact) mass is 328 g/mol. The summed E-state index contributed by atoms with van der Waals surface area (Å²) in [5.74, 6) is -1.22. The first kappa shape index (κ1) is 16.2. The Labute approximate surface area is 139 Å². The van der Waals surface area contributed by atoms with Gasteiger partial charge in [0.1, 0.15) is 5.54 Å². The molecule has 0 unspecified atom stereocenters. The summed E-state index contributed by atoms with van der Waals surface area (Å²) < 4.78 is 1.56. The first-order valence-corrected chi connectivity index (χ1v) is 8.03. The predicted molar refractivity (Wildman–Crippen MR) is 86.9 cm³/mol. The van der Waals surface area contributed by atoms with Crippen LogP contribution in [0, 0.1) is 0 Å². The van der Waals surface area contributed by atoms with Crippen LogP contribution in [0.5, 0.6) is 0 Å². The van der Waals surface area contributed by atoms with Gasteiger partial charge in [-0.25, -0.2) is 9.48 Å². The zero-order valence-corrected chi connectivity index (χ0v) is 13.6. The average Bonchev–Trinajstić information content (AvgIpc) is 3.15. The van der Waals surface area contributed by atoms with E-state index >= 15 is 0 Å². The van der Waals surface area contributed by atoms with Gasteiger partial charge >= 0.3 is 5.97 Å². The maximum Gasteiger partial charge on any atom is 0.329 e. The topological polar surface area (TPSA) is 88.3 Å². The molecule has 2 aromatic rings. The lowest BCUT2D eigenvalue weighted by molar-refractivity contribution is -0.151. The molecule has 0 atom stereocenters. The molecular weight excluding hydrogens is 308 g/mol. The first-order valence-electron chi connectivity index (χ1n) is 8.03. The van der Waals surface area contributed by atoms with Crippen molar-refractivity contribution < 1.29 is 14.7 Å². The summed E-state index contributed by atoms with van der Waals surface area (Å²) in [6.07, 6.45) is 6.89. The molecule has 7 heteroatoms. The number of benzene rings is 1. The van der Waals surface area contributed by atoms with Gasteiger partial charge < -0.3 is 10.0 Å². The second-order valence-corrected chi connectivity index (χ2v) is 6.16. The van der Waals surface area contributed by atoms with Gasteiger partial charge in [0.25, 0.3) is 5.91 Å². The minimum atomic E-state index is -1.11. The Bertz CT molecular complexity index is 736. The minimum Gasteiger partial charge on any atom is -0.479 e. The fourth-order valence-electron chi connectivity index (χ4n) is 3.34. The molecular formula is C17H20N4O3. The van der Waals surface area contributed by atoms with E-state index in [-0.39, 0.29) is 5.91 Å². The highest BCUT2D eigenvalue weighted by molar-refractivity contribution is 5.98. The Morgan fingerprint density at radius 1 is 1.25 bits per heavy atom. The molecule has 0 bridgehead atoms. The maximum absolute atomic E-state index is 12.9. The van der Waals surface area contributed by atoms with Crippen LogP contribution in [0.4, 0.5) is 0 Å². The number of aromatic nitrogens is 3. The Balaban J connectivity index is 1.90. The second kappa shape index (κ2) is 6.43. The van der Waals surface area contributed by atoms with E-state index in [9.17, 15) is 14.7 Å². The number of aliphatic carboxylic acids is 1. The van der Waals surface area contributed by atoms with E-state index < -0.39 is 11.5 Å². The number of hydrogen-bond acceptors (Lipinski definition) is 4. The molecule has 0 aliphatic heterocycles. The van der Waals surface area contributed by atoms with Crippen LogP contribution < -0.4 is 0 Å². The van der Waals surface area contributed by atoms with Crippen molar-refractivity contribution in [1.82, 2.24) is 19.9 Å². The summed E-state index contributed by atoms with van der Waals surface area (Å²) in [5, 5.41) is 17.4. The first-order chi connectivity index (χ1) is 11.5. The van der Waals surface area contributed by atoms with Crippen molar-refractivity contribution in [2.75, 3.05) is 7.05 Å². The van der Waals surface area contributed by atoms with Crippen LogP contribution in [0.25, 0.3) is 5.69 Å². The molecule has 3 rings (SSSR count). The minimum absolute atomic E-state index is 0.290. The van der Waals surface area contributed by atoms with Crippen molar-refractivity contribution in [2.24, 2.45) is 0 Å². The van der Waals surface area contributed by atoms with E-state index in [1.165, 1.54) is 4.90 Å². The van der Waals surface area contributed by atoms with Gasteiger partial charge in [0.05, 0.1) is 18.1 Å². The number of hydrogen-bond donors (Lipinski definition) is 1. The molecule has 126 valence electrons. The van der Waals surface area contributed by atoms with E-state index in [4.69, 9.17) is 0 Å². The molecule has 1 aliphatic rings. The van der Waals surface area contributed by atoms with Crippen LogP contribution >= 0.6 is 0 Å². The van der Waals surface area contributed by atoms with Gasteiger partial charge in [0.15, 0.2) is 0 Å². The quantitative estimate of drug-likeness (QED) is 0.929. The third kappa shape index (κ3) is 2.77. The number of carbonyl (C=O) groups excluding carboxylic acids is 1. The fourth-order valence-corrected chi connectivity index (χ4v) is 3.34. The van der Waals surface area contributed by atoms with Gasteiger partial charge in [-0.05, 0) is 31.0 Å². The molecule has 0 spiro atoms. The smallest absolute Gasteiger partial charge is 0.329 e. The van der Waals surface area contributed by atoms with Crippen molar-refractivity contribution in [1.29, 1.82) is 0 Å². The number of nitrogens with zero attached hydrogens (tertiary/aromatic N) is 4. The van der Waals surface area contributed by atoms with E-state index in [0.717, 1.165) is 19.3 Å². The van der Waals surface area contributed by atoms with Gasteiger partial charge in [-0.1, -0.05) is 30.5 Å². The highest BCUT2D eigenvalue weighted by atomic mass is 16.4. The lowest BCUT2D eigenvalue weighted by atomic mass is 9.80.